The maximum atomic E-state index is 10.9. The zero-order valence-corrected chi connectivity index (χ0v) is 9.04. The molecular formula is C13H11NO3. The van der Waals surface area contributed by atoms with Crippen molar-refractivity contribution in [1.82, 2.24) is 4.57 Å². The fraction of sp³-hybridized carbons (Fsp3) is 0.0769. The molecule has 0 aliphatic heterocycles. The van der Waals surface area contributed by atoms with Crippen LogP contribution in [0, 0.1) is 0 Å². The average Bonchev–Trinajstić information content (AvgIpc) is 2.32. The minimum atomic E-state index is -0.938. The van der Waals surface area contributed by atoms with E-state index in [0.717, 1.165) is 5.56 Å². The topological polar surface area (TPSA) is 59.3 Å². The largest absolute Gasteiger partial charge is 0.478 e. The quantitative estimate of drug-likeness (QED) is 0.869. The first-order valence-corrected chi connectivity index (χ1v) is 5.13. The first-order chi connectivity index (χ1) is 8.15. The van der Waals surface area contributed by atoms with Crippen molar-refractivity contribution in [3.63, 3.8) is 0 Å². The van der Waals surface area contributed by atoms with Gasteiger partial charge in [0.05, 0.1) is 5.56 Å². The van der Waals surface area contributed by atoms with Crippen molar-refractivity contribution >= 4 is 5.97 Å². The fourth-order valence-electron chi connectivity index (χ4n) is 1.56. The van der Waals surface area contributed by atoms with Gasteiger partial charge in [-0.3, -0.25) is 4.79 Å². The standard InChI is InChI=1S/C13H11NO3/c15-12-4-6-14(7-5-12)9-10-2-1-3-11(8-10)13(16)17/h1-8H,9H2,(H,16,17). The number of hydrogen-bond donors (Lipinski definition) is 1. The molecule has 4 heteroatoms. The van der Waals surface area contributed by atoms with Gasteiger partial charge in [-0.25, -0.2) is 4.79 Å². The summed E-state index contributed by atoms with van der Waals surface area (Å²) < 4.78 is 1.82. The number of hydrogen-bond acceptors (Lipinski definition) is 2. The molecule has 0 atom stereocenters. The van der Waals surface area contributed by atoms with E-state index in [0.29, 0.717) is 6.54 Å². The van der Waals surface area contributed by atoms with Crippen LogP contribution in [0.3, 0.4) is 0 Å². The van der Waals surface area contributed by atoms with Crippen LogP contribution in [0.2, 0.25) is 0 Å². The van der Waals surface area contributed by atoms with Crippen molar-refractivity contribution in [2.75, 3.05) is 0 Å². The predicted molar refractivity (Wildman–Crippen MR) is 63.2 cm³/mol. The van der Waals surface area contributed by atoms with Crippen molar-refractivity contribution in [1.29, 1.82) is 0 Å². The molecule has 1 N–H and O–H groups in total. The molecule has 2 rings (SSSR count). The Morgan fingerprint density at radius 2 is 1.88 bits per heavy atom. The Morgan fingerprint density at radius 1 is 1.18 bits per heavy atom. The van der Waals surface area contributed by atoms with E-state index in [1.807, 2.05) is 10.6 Å². The second kappa shape index (κ2) is 4.65. The van der Waals surface area contributed by atoms with E-state index in [9.17, 15) is 9.59 Å². The summed E-state index contributed by atoms with van der Waals surface area (Å²) in [6.45, 7) is 0.543. The third-order valence-electron chi connectivity index (χ3n) is 2.40. The average molecular weight is 229 g/mol. The van der Waals surface area contributed by atoms with Crippen LogP contribution in [-0.2, 0) is 6.54 Å². The third kappa shape index (κ3) is 2.81. The van der Waals surface area contributed by atoms with E-state index in [1.54, 1.807) is 30.6 Å². The summed E-state index contributed by atoms with van der Waals surface area (Å²) in [4.78, 5) is 21.7. The monoisotopic (exact) mass is 229 g/mol. The molecule has 1 heterocycles. The molecule has 0 aliphatic carbocycles. The lowest BCUT2D eigenvalue weighted by Gasteiger charge is -2.06. The lowest BCUT2D eigenvalue weighted by molar-refractivity contribution is 0.0696. The summed E-state index contributed by atoms with van der Waals surface area (Å²) in [5.74, 6) is -0.938. The minimum absolute atomic E-state index is 0.0412. The van der Waals surface area contributed by atoms with E-state index in [2.05, 4.69) is 0 Å². The highest BCUT2D eigenvalue weighted by Gasteiger charge is 2.02. The van der Waals surface area contributed by atoms with Crippen LogP contribution in [0.25, 0.3) is 0 Å². The SMILES string of the molecule is O=C(O)c1cccc(Cn2ccc(=O)cc2)c1. The molecule has 4 nitrogen and oxygen atoms in total. The van der Waals surface area contributed by atoms with E-state index in [-0.39, 0.29) is 11.0 Å². The molecule has 0 aliphatic rings. The van der Waals surface area contributed by atoms with Gasteiger partial charge in [0, 0.05) is 31.1 Å². The van der Waals surface area contributed by atoms with Crippen molar-refractivity contribution in [3.8, 4) is 0 Å². The van der Waals surface area contributed by atoms with Gasteiger partial charge < -0.3 is 9.67 Å². The van der Waals surface area contributed by atoms with E-state index >= 15 is 0 Å². The first-order valence-electron chi connectivity index (χ1n) is 5.13. The highest BCUT2D eigenvalue weighted by Crippen LogP contribution is 2.06. The normalized spacial score (nSPS) is 10.1. The molecular weight excluding hydrogens is 218 g/mol. The Bertz CT molecular complexity index is 581. The number of pyridine rings is 1. The Labute approximate surface area is 97.8 Å². The van der Waals surface area contributed by atoms with Gasteiger partial charge >= 0.3 is 5.97 Å². The number of nitrogens with zero attached hydrogens (tertiary/aromatic N) is 1. The molecule has 86 valence electrons. The highest BCUT2D eigenvalue weighted by atomic mass is 16.4. The van der Waals surface area contributed by atoms with Gasteiger partial charge in [0.2, 0.25) is 0 Å². The Balaban J connectivity index is 2.24. The number of carbonyl (C=O) groups is 1. The molecule has 1 aromatic carbocycles. The van der Waals surface area contributed by atoms with Crippen molar-refractivity contribution in [2.45, 2.75) is 6.54 Å². The summed E-state index contributed by atoms with van der Waals surface area (Å²) in [5, 5.41) is 8.86. The number of benzene rings is 1. The second-order valence-electron chi connectivity index (χ2n) is 3.71. The van der Waals surface area contributed by atoms with E-state index in [4.69, 9.17) is 5.11 Å². The van der Waals surface area contributed by atoms with Gasteiger partial charge in [-0.15, -0.1) is 0 Å². The first kappa shape index (κ1) is 11.1. The van der Waals surface area contributed by atoms with Crippen LogP contribution >= 0.6 is 0 Å². The number of carboxylic acid groups (broad SMARTS) is 1. The van der Waals surface area contributed by atoms with E-state index < -0.39 is 5.97 Å². The van der Waals surface area contributed by atoms with Crippen LogP contribution in [0.5, 0.6) is 0 Å². The van der Waals surface area contributed by atoms with Crippen molar-refractivity contribution in [2.24, 2.45) is 0 Å². The molecule has 0 fully saturated rings. The van der Waals surface area contributed by atoms with Gasteiger partial charge in [0.1, 0.15) is 0 Å². The van der Waals surface area contributed by atoms with Crippen LogP contribution < -0.4 is 5.43 Å². The summed E-state index contributed by atoms with van der Waals surface area (Å²) in [6.07, 6.45) is 3.35. The van der Waals surface area contributed by atoms with Gasteiger partial charge in [0.15, 0.2) is 5.43 Å². The van der Waals surface area contributed by atoms with Crippen molar-refractivity contribution < 1.29 is 9.90 Å². The number of aromatic nitrogens is 1. The minimum Gasteiger partial charge on any atom is -0.478 e. The Kier molecular flexibility index (Phi) is 3.05. The Hall–Kier alpha value is -2.36. The molecule has 1 aromatic heterocycles. The van der Waals surface area contributed by atoms with Crippen molar-refractivity contribution in [3.05, 3.63) is 70.1 Å². The van der Waals surface area contributed by atoms with Crippen LogP contribution in [0.4, 0.5) is 0 Å². The van der Waals surface area contributed by atoms with Crippen LogP contribution in [0.1, 0.15) is 15.9 Å². The summed E-state index contributed by atoms with van der Waals surface area (Å²) in [6, 6.07) is 9.69. The fourth-order valence-corrected chi connectivity index (χ4v) is 1.56. The molecule has 0 saturated heterocycles. The van der Waals surface area contributed by atoms with Gasteiger partial charge in [-0.1, -0.05) is 12.1 Å². The maximum absolute atomic E-state index is 10.9. The zero-order valence-electron chi connectivity index (χ0n) is 9.04. The predicted octanol–water partition coefficient (Wildman–Crippen LogP) is 1.59. The Morgan fingerprint density at radius 3 is 2.53 bits per heavy atom. The molecule has 0 radical (unpaired) electrons. The highest BCUT2D eigenvalue weighted by molar-refractivity contribution is 5.87. The van der Waals surface area contributed by atoms with Gasteiger partial charge in [-0.2, -0.15) is 0 Å². The molecule has 0 spiro atoms. The molecule has 0 saturated carbocycles. The maximum Gasteiger partial charge on any atom is 0.335 e. The molecule has 0 unspecified atom stereocenters. The lowest BCUT2D eigenvalue weighted by atomic mass is 10.1. The molecule has 2 aromatic rings. The lowest BCUT2D eigenvalue weighted by Crippen LogP contribution is -2.05. The van der Waals surface area contributed by atoms with E-state index in [1.165, 1.54) is 12.1 Å². The molecule has 17 heavy (non-hydrogen) atoms. The van der Waals surface area contributed by atoms with Crippen LogP contribution in [0.15, 0.2) is 53.6 Å². The zero-order chi connectivity index (χ0) is 12.3. The number of aromatic carboxylic acids is 1. The second-order valence-corrected chi connectivity index (χ2v) is 3.71. The summed E-state index contributed by atoms with van der Waals surface area (Å²) in [7, 11) is 0. The number of rotatable bonds is 3. The summed E-state index contributed by atoms with van der Waals surface area (Å²) >= 11 is 0. The summed E-state index contributed by atoms with van der Waals surface area (Å²) in [5.41, 5.74) is 1.11. The third-order valence-corrected chi connectivity index (χ3v) is 2.40. The molecule has 0 bridgehead atoms. The number of carboxylic acids is 1. The van der Waals surface area contributed by atoms with Gasteiger partial charge in [-0.05, 0) is 17.7 Å². The van der Waals surface area contributed by atoms with Crippen LogP contribution in [-0.4, -0.2) is 15.6 Å². The molecule has 0 amide bonds. The smallest absolute Gasteiger partial charge is 0.335 e. The van der Waals surface area contributed by atoms with Gasteiger partial charge in [0.25, 0.3) is 0 Å².